The minimum absolute atomic E-state index is 0.214. The van der Waals surface area contributed by atoms with Crippen LogP contribution in [-0.4, -0.2) is 20.3 Å². The summed E-state index contributed by atoms with van der Waals surface area (Å²) < 4.78 is 12.9. The van der Waals surface area contributed by atoms with E-state index in [4.69, 9.17) is 9.16 Å². The second-order valence-electron chi connectivity index (χ2n) is 9.21. The smallest absolute Gasteiger partial charge is 0.318 e. The maximum atomic E-state index is 12.5. The molecular weight excluding hydrogens is 448 g/mol. The van der Waals surface area contributed by atoms with Crippen LogP contribution < -0.4 is 0 Å². The Labute approximate surface area is 183 Å². The van der Waals surface area contributed by atoms with Crippen LogP contribution in [0.3, 0.4) is 0 Å². The van der Waals surface area contributed by atoms with Crippen molar-refractivity contribution >= 4 is 36.2 Å². The zero-order chi connectivity index (χ0) is 21.5. The van der Waals surface area contributed by atoms with Gasteiger partial charge < -0.3 is 9.16 Å². The molecule has 0 unspecified atom stereocenters. The normalized spacial score (nSPS) is 24.8. The molecule has 3 atom stereocenters. The lowest BCUT2D eigenvalue weighted by atomic mass is 9.73. The van der Waals surface area contributed by atoms with Crippen LogP contribution in [0.25, 0.3) is 0 Å². The number of esters is 2. The molecule has 158 valence electrons. The summed E-state index contributed by atoms with van der Waals surface area (Å²) in [5.74, 6) is -1.12. The van der Waals surface area contributed by atoms with Gasteiger partial charge in [-0.25, -0.2) is 0 Å². The number of halogens is 1. The first-order chi connectivity index (χ1) is 13.6. The van der Waals surface area contributed by atoms with Gasteiger partial charge >= 0.3 is 11.9 Å². The van der Waals surface area contributed by atoms with Gasteiger partial charge in [-0.1, -0.05) is 69.6 Å². The predicted molar refractivity (Wildman–Crippen MR) is 120 cm³/mol. The van der Waals surface area contributed by atoms with Crippen molar-refractivity contribution in [3.63, 3.8) is 0 Å². The van der Waals surface area contributed by atoms with Gasteiger partial charge in [-0.05, 0) is 40.4 Å². The lowest BCUT2D eigenvalue weighted by molar-refractivity contribution is -0.153. The van der Waals surface area contributed by atoms with Crippen LogP contribution in [0.4, 0.5) is 0 Å². The first-order valence-corrected chi connectivity index (χ1v) is 13.4. The van der Waals surface area contributed by atoms with Crippen molar-refractivity contribution in [1.82, 2.24) is 0 Å². The summed E-state index contributed by atoms with van der Waals surface area (Å²) in [5, 5.41) is 0. The quantitative estimate of drug-likeness (QED) is 0.272. The number of cyclic esters (lactones) is 2. The van der Waals surface area contributed by atoms with Gasteiger partial charge in [-0.15, -0.1) is 0 Å². The third kappa shape index (κ3) is 3.98. The molecule has 1 aliphatic carbocycles. The van der Waals surface area contributed by atoms with Crippen molar-refractivity contribution in [1.29, 1.82) is 0 Å². The van der Waals surface area contributed by atoms with E-state index in [0.29, 0.717) is 23.0 Å². The highest BCUT2D eigenvalue weighted by Crippen LogP contribution is 2.49. The van der Waals surface area contributed by atoms with Crippen LogP contribution in [0.5, 0.6) is 0 Å². The van der Waals surface area contributed by atoms with Crippen LogP contribution in [-0.2, 0) is 18.8 Å². The Morgan fingerprint density at radius 2 is 1.52 bits per heavy atom. The lowest BCUT2D eigenvalue weighted by Crippen LogP contribution is -2.48. The highest BCUT2D eigenvalue weighted by atomic mass is 79.9. The number of benzene rings is 1. The topological polar surface area (TPSA) is 52.6 Å². The molecule has 29 heavy (non-hydrogen) atoms. The zero-order valence-electron chi connectivity index (χ0n) is 18.1. The molecule has 1 saturated heterocycles. The number of rotatable bonds is 6. The highest BCUT2D eigenvalue weighted by Gasteiger charge is 2.53. The average Bonchev–Trinajstić information content (AvgIpc) is 2.93. The van der Waals surface area contributed by atoms with Gasteiger partial charge in [0.15, 0.2) is 0 Å². The van der Waals surface area contributed by atoms with Gasteiger partial charge in [0.25, 0.3) is 8.32 Å². The van der Waals surface area contributed by atoms with E-state index in [1.54, 1.807) is 0 Å². The fraction of sp³-hybridized carbons (Fsp3) is 0.565. The van der Waals surface area contributed by atoms with Crippen LogP contribution in [0.2, 0.25) is 16.6 Å². The predicted octanol–water partition coefficient (Wildman–Crippen LogP) is 6.33. The van der Waals surface area contributed by atoms with E-state index in [1.807, 2.05) is 24.3 Å². The molecule has 1 fully saturated rings. The van der Waals surface area contributed by atoms with Crippen molar-refractivity contribution in [3.8, 4) is 0 Å². The fourth-order valence-corrected chi connectivity index (χ4v) is 11.0. The third-order valence-corrected chi connectivity index (χ3v) is 13.2. The maximum absolute atomic E-state index is 12.5. The molecule has 0 amide bonds. The number of fused-ring (bicyclic) bond motifs is 1. The Morgan fingerprint density at radius 3 is 2.03 bits per heavy atom. The third-order valence-electron chi connectivity index (χ3n) is 6.65. The monoisotopic (exact) mass is 478 g/mol. The van der Waals surface area contributed by atoms with Crippen LogP contribution in [0.1, 0.15) is 59.4 Å². The molecule has 1 aromatic rings. The SMILES string of the molecule is CC(C)[Si](OC1=C[C@@H](c2ccc(Br)cc2)[C@H]2C(=O)OC(=O)[C@H]2C1)(C(C)C)C(C)C. The summed E-state index contributed by atoms with van der Waals surface area (Å²) in [7, 11) is -2.15. The van der Waals surface area contributed by atoms with Crippen LogP contribution >= 0.6 is 15.9 Å². The largest absolute Gasteiger partial charge is 0.546 e. The van der Waals surface area contributed by atoms with Crippen molar-refractivity contribution in [2.24, 2.45) is 11.8 Å². The van der Waals surface area contributed by atoms with E-state index in [-0.39, 0.29) is 5.92 Å². The molecule has 2 aliphatic rings. The number of allylic oxidation sites excluding steroid dienone is 2. The van der Waals surface area contributed by atoms with Crippen molar-refractivity contribution in [3.05, 3.63) is 46.1 Å². The fourth-order valence-electron chi connectivity index (χ4n) is 5.39. The molecular formula is C23H31BrO4Si. The molecule has 0 radical (unpaired) electrons. The Kier molecular flexibility index (Phi) is 6.44. The molecule has 1 aromatic carbocycles. The molecule has 3 rings (SSSR count). The summed E-state index contributed by atoms with van der Waals surface area (Å²) in [6, 6.07) is 7.92. The summed E-state index contributed by atoms with van der Waals surface area (Å²) >= 11 is 3.47. The van der Waals surface area contributed by atoms with E-state index in [0.717, 1.165) is 15.8 Å². The standard InChI is InChI=1S/C23H31BrO4Si/c1-13(2)29(14(3)4,15(5)6)28-18-11-19(16-7-9-17(24)10-8-16)21-20(12-18)22(25)27-23(21)26/h7-11,13-15,19-21H,12H2,1-6H3/t19-,20-,21+/m0/s1. The molecule has 6 heteroatoms. The summed E-state index contributed by atoms with van der Waals surface area (Å²) in [6.07, 6.45) is 2.53. The van der Waals surface area contributed by atoms with Crippen molar-refractivity contribution in [2.75, 3.05) is 0 Å². The summed E-state index contributed by atoms with van der Waals surface area (Å²) in [6.45, 7) is 13.5. The Morgan fingerprint density at radius 1 is 0.966 bits per heavy atom. The first-order valence-electron chi connectivity index (χ1n) is 10.5. The molecule has 0 spiro atoms. The number of hydrogen-bond donors (Lipinski definition) is 0. The second-order valence-corrected chi connectivity index (χ2v) is 15.5. The van der Waals surface area contributed by atoms with Crippen molar-refractivity contribution in [2.45, 2.75) is 70.5 Å². The molecule has 0 saturated carbocycles. The Bertz CT molecular complexity index is 791. The van der Waals surface area contributed by atoms with E-state index in [2.05, 4.69) is 63.5 Å². The number of hydrogen-bond acceptors (Lipinski definition) is 4. The van der Waals surface area contributed by atoms with Crippen LogP contribution in [0, 0.1) is 11.8 Å². The molecule has 0 bridgehead atoms. The van der Waals surface area contributed by atoms with Gasteiger partial charge in [-0.2, -0.15) is 0 Å². The Hall–Kier alpha value is -1.40. The highest BCUT2D eigenvalue weighted by molar-refractivity contribution is 9.10. The summed E-state index contributed by atoms with van der Waals surface area (Å²) in [5.41, 5.74) is 2.31. The Balaban J connectivity index is 2.05. The first kappa shape index (κ1) is 22.3. The summed E-state index contributed by atoms with van der Waals surface area (Å²) in [4.78, 5) is 24.9. The second kappa shape index (κ2) is 8.38. The van der Waals surface area contributed by atoms with E-state index in [1.165, 1.54) is 0 Å². The molecule has 1 aliphatic heterocycles. The van der Waals surface area contributed by atoms with Crippen LogP contribution in [0.15, 0.2) is 40.6 Å². The lowest BCUT2D eigenvalue weighted by Gasteiger charge is -2.44. The molecule has 4 nitrogen and oxygen atoms in total. The number of ether oxygens (including phenoxy) is 1. The minimum atomic E-state index is -2.15. The van der Waals surface area contributed by atoms with Gasteiger partial charge in [-0.3, -0.25) is 9.59 Å². The van der Waals surface area contributed by atoms with Gasteiger partial charge in [0.2, 0.25) is 0 Å². The van der Waals surface area contributed by atoms with E-state index in [9.17, 15) is 9.59 Å². The van der Waals surface area contributed by atoms with Gasteiger partial charge in [0.05, 0.1) is 17.6 Å². The molecule has 1 heterocycles. The van der Waals surface area contributed by atoms with E-state index >= 15 is 0 Å². The molecule has 0 aromatic heterocycles. The average molecular weight is 479 g/mol. The van der Waals surface area contributed by atoms with Gasteiger partial charge in [0.1, 0.15) is 0 Å². The van der Waals surface area contributed by atoms with Crippen molar-refractivity contribution < 1.29 is 18.8 Å². The number of carbonyl (C=O) groups excluding carboxylic acids is 2. The van der Waals surface area contributed by atoms with Gasteiger partial charge in [0, 0.05) is 16.8 Å². The zero-order valence-corrected chi connectivity index (χ0v) is 20.7. The maximum Gasteiger partial charge on any atom is 0.318 e. The number of carbonyl (C=O) groups is 2. The van der Waals surface area contributed by atoms with E-state index < -0.39 is 32.1 Å². The minimum Gasteiger partial charge on any atom is -0.546 e. The molecule has 0 N–H and O–H groups in total.